The van der Waals surface area contributed by atoms with E-state index >= 15 is 0 Å². The Bertz CT molecular complexity index is 935. The topological polar surface area (TPSA) is 92.3 Å². The van der Waals surface area contributed by atoms with Crippen LogP contribution in [-0.4, -0.2) is 43.8 Å². The molecular formula is C23H28N2O4S. The lowest BCUT2D eigenvalue weighted by Crippen LogP contribution is -2.53. The molecule has 0 bridgehead atoms. The molecule has 7 heteroatoms. The summed E-state index contributed by atoms with van der Waals surface area (Å²) in [5, 5.41) is 5.71. The molecule has 2 N–H and O–H groups in total. The van der Waals surface area contributed by atoms with Gasteiger partial charge in [-0.1, -0.05) is 74.5 Å². The number of hydrogen-bond acceptors (Lipinski definition) is 4. The molecule has 3 rings (SSSR count). The van der Waals surface area contributed by atoms with Gasteiger partial charge in [0.15, 0.2) is 9.84 Å². The van der Waals surface area contributed by atoms with Gasteiger partial charge in [-0.05, 0) is 23.5 Å². The molecule has 6 nitrogen and oxygen atoms in total. The van der Waals surface area contributed by atoms with Crippen molar-refractivity contribution in [3.63, 3.8) is 0 Å². The van der Waals surface area contributed by atoms with Crippen LogP contribution in [-0.2, 0) is 19.4 Å². The first-order valence-electron chi connectivity index (χ1n) is 10.2. The predicted octanol–water partition coefficient (Wildman–Crippen LogP) is 2.26. The molecule has 1 fully saturated rings. The van der Waals surface area contributed by atoms with Crippen molar-refractivity contribution in [1.29, 1.82) is 0 Å². The number of amides is 2. The molecule has 1 aliphatic heterocycles. The van der Waals surface area contributed by atoms with Gasteiger partial charge in [0.05, 0.1) is 17.4 Å². The Morgan fingerprint density at radius 1 is 0.900 bits per heavy atom. The standard InChI is InChI=1S/C23H28N2O4S/c1-16(2)21(23(27)24-19-13-14-30(28,29)15-19)25-22(26)20(17-9-5-3-6-10-17)18-11-7-4-8-12-18/h3-12,16,19-21H,13-15H2,1-2H3,(H,24,27)(H,25,26)/t19-,21+/m1/s1. The summed E-state index contributed by atoms with van der Waals surface area (Å²) in [7, 11) is -3.10. The highest BCUT2D eigenvalue weighted by atomic mass is 32.2. The van der Waals surface area contributed by atoms with Gasteiger partial charge in [0, 0.05) is 6.04 Å². The third-order valence-corrected chi connectivity index (χ3v) is 7.12. The summed E-state index contributed by atoms with van der Waals surface area (Å²) in [4.78, 5) is 26.2. The number of hydrogen-bond donors (Lipinski definition) is 2. The van der Waals surface area contributed by atoms with Crippen LogP contribution in [0.1, 0.15) is 37.3 Å². The van der Waals surface area contributed by atoms with E-state index in [1.165, 1.54) is 0 Å². The van der Waals surface area contributed by atoms with E-state index < -0.39 is 27.8 Å². The fraction of sp³-hybridized carbons (Fsp3) is 0.391. The SMILES string of the molecule is CC(C)[C@H](NC(=O)C(c1ccccc1)c1ccccc1)C(=O)N[C@@H]1CCS(=O)(=O)C1. The number of benzene rings is 2. The lowest BCUT2D eigenvalue weighted by atomic mass is 9.89. The average molecular weight is 429 g/mol. The van der Waals surface area contributed by atoms with Gasteiger partial charge >= 0.3 is 0 Å². The maximum atomic E-state index is 13.3. The summed E-state index contributed by atoms with van der Waals surface area (Å²) >= 11 is 0. The Morgan fingerprint density at radius 3 is 1.87 bits per heavy atom. The van der Waals surface area contributed by atoms with Crippen LogP contribution in [0.25, 0.3) is 0 Å². The van der Waals surface area contributed by atoms with Gasteiger partial charge in [0.25, 0.3) is 0 Å². The molecule has 2 aromatic rings. The first kappa shape index (κ1) is 22.0. The Kier molecular flexibility index (Phi) is 6.92. The molecule has 0 radical (unpaired) electrons. The molecule has 0 unspecified atom stereocenters. The Morgan fingerprint density at radius 2 is 1.43 bits per heavy atom. The van der Waals surface area contributed by atoms with Crippen molar-refractivity contribution in [2.24, 2.45) is 5.92 Å². The van der Waals surface area contributed by atoms with Gasteiger partial charge in [-0.3, -0.25) is 9.59 Å². The highest BCUT2D eigenvalue weighted by Gasteiger charge is 2.33. The second-order valence-corrected chi connectivity index (χ2v) is 10.3. The van der Waals surface area contributed by atoms with Crippen LogP contribution in [0.5, 0.6) is 0 Å². The first-order chi connectivity index (χ1) is 14.3. The van der Waals surface area contributed by atoms with E-state index in [2.05, 4.69) is 10.6 Å². The zero-order chi connectivity index (χ0) is 21.7. The number of rotatable bonds is 7. The molecule has 2 aromatic carbocycles. The number of sulfone groups is 1. The molecule has 1 saturated heterocycles. The van der Waals surface area contributed by atoms with Crippen LogP contribution in [0, 0.1) is 5.92 Å². The zero-order valence-electron chi connectivity index (χ0n) is 17.2. The summed E-state index contributed by atoms with van der Waals surface area (Å²) in [6.45, 7) is 3.71. The van der Waals surface area contributed by atoms with E-state index in [9.17, 15) is 18.0 Å². The van der Waals surface area contributed by atoms with Crippen molar-refractivity contribution in [1.82, 2.24) is 10.6 Å². The van der Waals surface area contributed by atoms with E-state index in [4.69, 9.17) is 0 Å². The maximum absolute atomic E-state index is 13.3. The van der Waals surface area contributed by atoms with Crippen molar-refractivity contribution >= 4 is 21.7 Å². The number of carbonyl (C=O) groups excluding carboxylic acids is 2. The molecule has 160 valence electrons. The maximum Gasteiger partial charge on any atom is 0.243 e. The fourth-order valence-corrected chi connectivity index (χ4v) is 5.43. The quantitative estimate of drug-likeness (QED) is 0.708. The van der Waals surface area contributed by atoms with Crippen LogP contribution >= 0.6 is 0 Å². The van der Waals surface area contributed by atoms with E-state index in [-0.39, 0.29) is 29.2 Å². The smallest absolute Gasteiger partial charge is 0.243 e. The van der Waals surface area contributed by atoms with E-state index in [1.54, 1.807) is 0 Å². The summed E-state index contributed by atoms with van der Waals surface area (Å²) in [6.07, 6.45) is 0.406. The minimum absolute atomic E-state index is 0.0475. The van der Waals surface area contributed by atoms with Crippen molar-refractivity contribution in [2.75, 3.05) is 11.5 Å². The van der Waals surface area contributed by atoms with Crippen LogP contribution in [0.15, 0.2) is 60.7 Å². The van der Waals surface area contributed by atoms with Crippen molar-refractivity contribution in [2.45, 2.75) is 38.3 Å². The van der Waals surface area contributed by atoms with Crippen LogP contribution < -0.4 is 10.6 Å². The summed E-state index contributed by atoms with van der Waals surface area (Å²) in [6, 6.07) is 17.7. The lowest BCUT2D eigenvalue weighted by Gasteiger charge is -2.26. The van der Waals surface area contributed by atoms with Crippen molar-refractivity contribution < 1.29 is 18.0 Å². The Labute approximate surface area is 178 Å². The zero-order valence-corrected chi connectivity index (χ0v) is 18.1. The minimum Gasteiger partial charge on any atom is -0.351 e. The van der Waals surface area contributed by atoms with E-state index in [0.717, 1.165) is 11.1 Å². The van der Waals surface area contributed by atoms with Crippen molar-refractivity contribution in [3.8, 4) is 0 Å². The normalized spacial score (nSPS) is 18.9. The molecule has 0 aliphatic carbocycles. The Balaban J connectivity index is 1.79. The number of carbonyl (C=O) groups is 2. The molecule has 1 heterocycles. The summed E-state index contributed by atoms with van der Waals surface area (Å²) < 4.78 is 23.4. The van der Waals surface area contributed by atoms with Gasteiger partial charge in [0.1, 0.15) is 6.04 Å². The average Bonchev–Trinajstić information content (AvgIpc) is 3.05. The third-order valence-electron chi connectivity index (χ3n) is 5.35. The monoisotopic (exact) mass is 428 g/mol. The number of nitrogens with one attached hydrogen (secondary N) is 2. The van der Waals surface area contributed by atoms with Crippen molar-refractivity contribution in [3.05, 3.63) is 71.8 Å². The third kappa shape index (κ3) is 5.48. The fourth-order valence-electron chi connectivity index (χ4n) is 3.76. The second-order valence-electron chi connectivity index (χ2n) is 8.09. The molecule has 0 spiro atoms. The molecule has 0 saturated carbocycles. The predicted molar refractivity (Wildman–Crippen MR) is 117 cm³/mol. The molecule has 30 heavy (non-hydrogen) atoms. The van der Waals surface area contributed by atoms with Gasteiger partial charge in [-0.25, -0.2) is 8.42 Å². The minimum atomic E-state index is -3.10. The molecule has 0 aromatic heterocycles. The highest BCUT2D eigenvalue weighted by molar-refractivity contribution is 7.91. The molecule has 1 aliphatic rings. The summed E-state index contributed by atoms with van der Waals surface area (Å²) in [5.74, 6) is -1.28. The van der Waals surface area contributed by atoms with Gasteiger partial charge < -0.3 is 10.6 Å². The van der Waals surface area contributed by atoms with Crippen LogP contribution in [0.2, 0.25) is 0 Å². The van der Waals surface area contributed by atoms with Gasteiger partial charge in [-0.15, -0.1) is 0 Å². The second kappa shape index (κ2) is 9.43. The summed E-state index contributed by atoms with van der Waals surface area (Å²) in [5.41, 5.74) is 1.68. The molecular weight excluding hydrogens is 400 g/mol. The van der Waals surface area contributed by atoms with Gasteiger partial charge in [-0.2, -0.15) is 0 Å². The largest absolute Gasteiger partial charge is 0.351 e. The first-order valence-corrected chi connectivity index (χ1v) is 12.0. The van der Waals surface area contributed by atoms with E-state index in [1.807, 2.05) is 74.5 Å². The van der Waals surface area contributed by atoms with E-state index in [0.29, 0.717) is 6.42 Å². The Hall–Kier alpha value is -2.67. The van der Waals surface area contributed by atoms with Crippen LogP contribution in [0.3, 0.4) is 0 Å². The molecule has 2 atom stereocenters. The lowest BCUT2D eigenvalue weighted by molar-refractivity contribution is -0.130. The van der Waals surface area contributed by atoms with Crippen LogP contribution in [0.4, 0.5) is 0 Å². The molecule has 2 amide bonds. The highest BCUT2D eigenvalue weighted by Crippen LogP contribution is 2.25. The van der Waals surface area contributed by atoms with Gasteiger partial charge in [0.2, 0.25) is 11.8 Å².